The molecule has 1 atom stereocenters. The fourth-order valence-corrected chi connectivity index (χ4v) is 7.29. The molecule has 9 nitrogen and oxygen atoms in total. The SMILES string of the molecule is CC(C)Oc1ccccc1N1CCN(CC2CC(C(=O)N3CCC(S(=O)(=O)c4ccccc4)CC3)=NO2)CC1. The fourth-order valence-electron chi connectivity index (χ4n) is 5.54. The molecule has 0 spiro atoms. The Morgan fingerprint density at radius 2 is 1.64 bits per heavy atom. The van der Waals surface area contributed by atoms with Crippen LogP contribution in [0.25, 0.3) is 0 Å². The molecule has 3 aliphatic heterocycles. The van der Waals surface area contributed by atoms with Crippen molar-refractivity contribution in [1.29, 1.82) is 0 Å². The number of likely N-dealkylation sites (tertiary alicyclic amines) is 1. The van der Waals surface area contributed by atoms with E-state index in [4.69, 9.17) is 9.57 Å². The van der Waals surface area contributed by atoms with Crippen LogP contribution in [-0.2, 0) is 19.5 Å². The molecule has 0 bridgehead atoms. The molecule has 10 heteroatoms. The number of carbonyl (C=O) groups excluding carboxylic acids is 1. The van der Waals surface area contributed by atoms with E-state index in [1.807, 2.05) is 32.0 Å². The summed E-state index contributed by atoms with van der Waals surface area (Å²) in [7, 11) is -3.39. The van der Waals surface area contributed by atoms with Gasteiger partial charge < -0.3 is 19.4 Å². The van der Waals surface area contributed by atoms with E-state index in [0.717, 1.165) is 44.2 Å². The molecule has 3 heterocycles. The predicted octanol–water partition coefficient (Wildman–Crippen LogP) is 3.21. The predicted molar refractivity (Wildman–Crippen MR) is 151 cm³/mol. The number of oxime groups is 1. The molecule has 2 saturated heterocycles. The van der Waals surface area contributed by atoms with Crippen molar-refractivity contribution in [3.8, 4) is 5.75 Å². The third-order valence-electron chi connectivity index (χ3n) is 7.62. The largest absolute Gasteiger partial charge is 0.489 e. The molecule has 0 N–H and O–H groups in total. The van der Waals surface area contributed by atoms with Gasteiger partial charge in [0.2, 0.25) is 0 Å². The highest BCUT2D eigenvalue weighted by Crippen LogP contribution is 2.30. The topological polar surface area (TPSA) is 91.8 Å². The maximum atomic E-state index is 13.1. The average Bonchev–Trinajstić information content (AvgIpc) is 3.42. The highest BCUT2D eigenvalue weighted by Gasteiger charge is 2.36. The van der Waals surface area contributed by atoms with Crippen molar-refractivity contribution in [1.82, 2.24) is 9.80 Å². The number of rotatable bonds is 8. The minimum atomic E-state index is -3.39. The van der Waals surface area contributed by atoms with Crippen molar-refractivity contribution in [3.05, 3.63) is 54.6 Å². The molecule has 2 aromatic rings. The summed E-state index contributed by atoms with van der Waals surface area (Å²) in [5, 5.41) is 3.66. The van der Waals surface area contributed by atoms with E-state index < -0.39 is 15.1 Å². The van der Waals surface area contributed by atoms with Crippen LogP contribution in [0.15, 0.2) is 64.6 Å². The summed E-state index contributed by atoms with van der Waals surface area (Å²) >= 11 is 0. The number of piperazine rings is 1. The summed E-state index contributed by atoms with van der Waals surface area (Å²) < 4.78 is 31.9. The molecular formula is C29H38N4O5S. The quantitative estimate of drug-likeness (QED) is 0.495. The van der Waals surface area contributed by atoms with Crippen LogP contribution in [0.1, 0.15) is 33.1 Å². The van der Waals surface area contributed by atoms with E-state index in [0.29, 0.717) is 43.0 Å². The van der Waals surface area contributed by atoms with Crippen molar-refractivity contribution >= 4 is 27.1 Å². The zero-order chi connectivity index (χ0) is 27.4. The minimum absolute atomic E-state index is 0.123. The van der Waals surface area contributed by atoms with Gasteiger partial charge in [-0.1, -0.05) is 35.5 Å². The molecule has 0 saturated carbocycles. The molecule has 2 fully saturated rings. The summed E-state index contributed by atoms with van der Waals surface area (Å²) in [4.78, 5) is 25.5. The van der Waals surface area contributed by atoms with E-state index in [2.05, 4.69) is 21.0 Å². The van der Waals surface area contributed by atoms with E-state index in [1.54, 1.807) is 35.2 Å². The van der Waals surface area contributed by atoms with Crippen LogP contribution in [0.4, 0.5) is 5.69 Å². The summed E-state index contributed by atoms with van der Waals surface area (Å²) in [5.41, 5.74) is 1.56. The van der Waals surface area contributed by atoms with Gasteiger partial charge in [-0.2, -0.15) is 0 Å². The van der Waals surface area contributed by atoms with Crippen LogP contribution in [0, 0.1) is 0 Å². The van der Waals surface area contributed by atoms with Gasteiger partial charge in [0.05, 0.1) is 21.9 Å². The van der Waals surface area contributed by atoms with E-state index in [9.17, 15) is 13.2 Å². The maximum Gasteiger partial charge on any atom is 0.271 e. The van der Waals surface area contributed by atoms with Crippen LogP contribution in [-0.4, -0.2) is 93.1 Å². The first-order valence-electron chi connectivity index (χ1n) is 13.8. The van der Waals surface area contributed by atoms with Gasteiger partial charge in [0.15, 0.2) is 9.84 Å². The second kappa shape index (κ2) is 12.0. The Bertz CT molecular complexity index is 1270. The van der Waals surface area contributed by atoms with Gasteiger partial charge in [0.25, 0.3) is 5.91 Å². The van der Waals surface area contributed by atoms with Gasteiger partial charge in [-0.25, -0.2) is 8.42 Å². The Labute approximate surface area is 231 Å². The molecule has 1 unspecified atom stereocenters. The number of hydrogen-bond donors (Lipinski definition) is 0. The molecule has 210 valence electrons. The number of anilines is 1. The molecule has 5 rings (SSSR count). The van der Waals surface area contributed by atoms with E-state index in [-0.39, 0.29) is 18.1 Å². The van der Waals surface area contributed by atoms with Crippen LogP contribution >= 0.6 is 0 Å². The van der Waals surface area contributed by atoms with Gasteiger partial charge in [-0.05, 0) is 51.0 Å². The second-order valence-electron chi connectivity index (χ2n) is 10.7. The first-order chi connectivity index (χ1) is 18.8. The lowest BCUT2D eigenvalue weighted by Crippen LogP contribution is -2.49. The summed E-state index contributed by atoms with van der Waals surface area (Å²) in [6, 6.07) is 16.7. The molecule has 1 amide bonds. The highest BCUT2D eigenvalue weighted by molar-refractivity contribution is 7.92. The monoisotopic (exact) mass is 554 g/mol. The first-order valence-corrected chi connectivity index (χ1v) is 15.4. The lowest BCUT2D eigenvalue weighted by Gasteiger charge is -2.37. The number of piperidine rings is 1. The number of hydrogen-bond acceptors (Lipinski definition) is 8. The van der Waals surface area contributed by atoms with E-state index in [1.165, 1.54) is 0 Å². The van der Waals surface area contributed by atoms with Gasteiger partial charge in [-0.15, -0.1) is 0 Å². The number of nitrogens with zero attached hydrogens (tertiary/aromatic N) is 4. The number of carbonyl (C=O) groups is 1. The molecule has 39 heavy (non-hydrogen) atoms. The molecule has 0 radical (unpaired) electrons. The van der Waals surface area contributed by atoms with Crippen molar-refractivity contribution in [2.24, 2.45) is 5.16 Å². The summed E-state index contributed by atoms with van der Waals surface area (Å²) in [6.45, 7) is 9.16. The van der Waals surface area contributed by atoms with Crippen LogP contribution in [0.3, 0.4) is 0 Å². The average molecular weight is 555 g/mol. The zero-order valence-corrected chi connectivity index (χ0v) is 23.6. The zero-order valence-electron chi connectivity index (χ0n) is 22.7. The number of benzene rings is 2. The molecule has 0 aliphatic carbocycles. The highest BCUT2D eigenvalue weighted by atomic mass is 32.2. The number of para-hydroxylation sites is 2. The van der Waals surface area contributed by atoms with Gasteiger partial charge in [-0.3, -0.25) is 9.69 Å². The number of amides is 1. The summed E-state index contributed by atoms with van der Waals surface area (Å²) in [5.74, 6) is 0.776. The Balaban J connectivity index is 1.07. The lowest BCUT2D eigenvalue weighted by atomic mass is 10.1. The Morgan fingerprint density at radius 1 is 0.974 bits per heavy atom. The fraction of sp³-hybridized carbons (Fsp3) is 0.517. The van der Waals surface area contributed by atoms with Crippen molar-refractivity contribution in [3.63, 3.8) is 0 Å². The van der Waals surface area contributed by atoms with Crippen molar-refractivity contribution in [2.75, 3.05) is 50.7 Å². The van der Waals surface area contributed by atoms with E-state index >= 15 is 0 Å². The summed E-state index contributed by atoms with van der Waals surface area (Å²) in [6.07, 6.45) is 1.30. The van der Waals surface area contributed by atoms with Gasteiger partial charge >= 0.3 is 0 Å². The Kier molecular flexibility index (Phi) is 8.42. The normalized spacial score (nSPS) is 21.1. The lowest BCUT2D eigenvalue weighted by molar-refractivity contribution is -0.125. The second-order valence-corrected chi connectivity index (χ2v) is 13.0. The maximum absolute atomic E-state index is 13.1. The molecule has 0 aromatic heterocycles. The first kappa shape index (κ1) is 27.5. The van der Waals surface area contributed by atoms with Crippen LogP contribution in [0.5, 0.6) is 5.75 Å². The Morgan fingerprint density at radius 3 is 2.33 bits per heavy atom. The minimum Gasteiger partial charge on any atom is -0.489 e. The molecular weight excluding hydrogens is 516 g/mol. The number of ether oxygens (including phenoxy) is 1. The number of sulfone groups is 1. The molecule has 3 aliphatic rings. The third-order valence-corrected chi connectivity index (χ3v) is 9.90. The molecule has 2 aromatic carbocycles. The Hall–Kier alpha value is -3.11. The smallest absolute Gasteiger partial charge is 0.271 e. The van der Waals surface area contributed by atoms with Gasteiger partial charge in [0.1, 0.15) is 17.6 Å². The van der Waals surface area contributed by atoms with Crippen molar-refractivity contribution in [2.45, 2.75) is 55.5 Å². The van der Waals surface area contributed by atoms with Crippen LogP contribution in [0.2, 0.25) is 0 Å². The van der Waals surface area contributed by atoms with Crippen LogP contribution < -0.4 is 9.64 Å². The third kappa shape index (κ3) is 6.38. The standard InChI is InChI=1S/C29H38N4O5S/c1-22(2)37-28-11-7-6-10-27(28)32-18-16-31(17-19-32)21-23-20-26(30-38-23)29(34)33-14-12-25(13-15-33)39(35,36)24-8-4-3-5-9-24/h3-11,22-23,25H,12-21H2,1-2H3. The van der Waals surface area contributed by atoms with Gasteiger partial charge in [0, 0.05) is 52.2 Å². The van der Waals surface area contributed by atoms with Crippen molar-refractivity contribution < 1.29 is 22.8 Å².